The van der Waals surface area contributed by atoms with Crippen molar-refractivity contribution in [1.29, 1.82) is 0 Å². The summed E-state index contributed by atoms with van der Waals surface area (Å²) in [6.07, 6.45) is 4.57. The second kappa shape index (κ2) is 4.11. The van der Waals surface area contributed by atoms with Crippen LogP contribution in [0.4, 0.5) is 0 Å². The fourth-order valence-corrected chi connectivity index (χ4v) is 1.75. The number of nitrogens with one attached hydrogen (secondary N) is 1. The highest BCUT2D eigenvalue weighted by Crippen LogP contribution is 2.22. The minimum atomic E-state index is 0.471. The molecule has 0 saturated heterocycles. The second-order valence-corrected chi connectivity index (χ2v) is 3.85. The van der Waals surface area contributed by atoms with Gasteiger partial charge in [0.2, 0.25) is 0 Å². The first-order valence-electron chi connectivity index (χ1n) is 5.02. The molecule has 1 saturated carbocycles. The van der Waals surface area contributed by atoms with Crippen molar-refractivity contribution in [3.63, 3.8) is 0 Å². The molecule has 14 heavy (non-hydrogen) atoms. The van der Waals surface area contributed by atoms with Gasteiger partial charge in [-0.25, -0.2) is 0 Å². The number of nitrogens with zero attached hydrogens (tertiary/aromatic N) is 2. The molecule has 2 rings (SSSR count). The van der Waals surface area contributed by atoms with Crippen molar-refractivity contribution in [1.82, 2.24) is 15.1 Å². The molecule has 1 heterocycles. The zero-order valence-electron chi connectivity index (χ0n) is 8.73. The molecule has 1 aliphatic rings. The smallest absolute Gasteiger partial charge is 0.0601 e. The van der Waals surface area contributed by atoms with Crippen LogP contribution < -0.4 is 5.32 Å². The van der Waals surface area contributed by atoms with Crippen molar-refractivity contribution in [2.75, 3.05) is 7.11 Å². The molecule has 1 aliphatic carbocycles. The molecule has 0 aliphatic heterocycles. The van der Waals surface area contributed by atoms with Gasteiger partial charge in [0, 0.05) is 32.9 Å². The van der Waals surface area contributed by atoms with Crippen molar-refractivity contribution in [2.24, 2.45) is 7.05 Å². The van der Waals surface area contributed by atoms with Crippen LogP contribution in [-0.2, 0) is 18.3 Å². The van der Waals surface area contributed by atoms with E-state index in [-0.39, 0.29) is 0 Å². The summed E-state index contributed by atoms with van der Waals surface area (Å²) < 4.78 is 7.12. The molecule has 0 amide bonds. The van der Waals surface area contributed by atoms with Crippen molar-refractivity contribution in [3.05, 3.63) is 18.0 Å². The Morgan fingerprint density at radius 3 is 3.00 bits per heavy atom. The monoisotopic (exact) mass is 195 g/mol. The Bertz CT molecular complexity index is 291. The Hall–Kier alpha value is -0.870. The van der Waals surface area contributed by atoms with Crippen LogP contribution in [0.15, 0.2) is 12.3 Å². The van der Waals surface area contributed by atoms with Gasteiger partial charge in [0.15, 0.2) is 0 Å². The molecule has 1 aromatic heterocycles. The molecule has 0 radical (unpaired) electrons. The van der Waals surface area contributed by atoms with Gasteiger partial charge in [0.25, 0.3) is 0 Å². The first-order chi connectivity index (χ1) is 6.79. The van der Waals surface area contributed by atoms with Crippen LogP contribution in [0.3, 0.4) is 0 Å². The number of hydrogen-bond acceptors (Lipinski definition) is 3. The predicted octanol–water partition coefficient (Wildman–Crippen LogP) is 0.687. The third-order valence-corrected chi connectivity index (χ3v) is 2.92. The molecule has 1 fully saturated rings. The molecule has 4 heteroatoms. The molecule has 78 valence electrons. The third-order valence-electron chi connectivity index (χ3n) is 2.92. The third kappa shape index (κ3) is 1.96. The molecule has 0 aromatic carbocycles. The Morgan fingerprint density at radius 2 is 2.43 bits per heavy atom. The molecule has 4 nitrogen and oxygen atoms in total. The lowest BCUT2D eigenvalue weighted by Crippen LogP contribution is -2.44. The minimum absolute atomic E-state index is 0.471. The van der Waals surface area contributed by atoms with Crippen LogP contribution in [-0.4, -0.2) is 29.0 Å². The molecular formula is C10H17N3O. The molecule has 1 N–H and O–H groups in total. The summed E-state index contributed by atoms with van der Waals surface area (Å²) in [6.45, 7) is 0.900. The van der Waals surface area contributed by atoms with E-state index < -0.39 is 0 Å². The Morgan fingerprint density at radius 1 is 1.64 bits per heavy atom. The van der Waals surface area contributed by atoms with Gasteiger partial charge >= 0.3 is 0 Å². The zero-order valence-corrected chi connectivity index (χ0v) is 8.73. The SMILES string of the molecule is COC1CC(NCc2ccnn2C)C1. The zero-order chi connectivity index (χ0) is 9.97. The van der Waals surface area contributed by atoms with Crippen molar-refractivity contribution < 1.29 is 4.74 Å². The Balaban J connectivity index is 1.72. The van der Waals surface area contributed by atoms with E-state index in [0.717, 1.165) is 19.4 Å². The predicted molar refractivity (Wildman–Crippen MR) is 53.9 cm³/mol. The second-order valence-electron chi connectivity index (χ2n) is 3.85. The quantitative estimate of drug-likeness (QED) is 0.768. The van der Waals surface area contributed by atoms with Crippen molar-refractivity contribution >= 4 is 0 Å². The van der Waals surface area contributed by atoms with E-state index in [1.807, 2.05) is 24.0 Å². The first kappa shape index (κ1) is 9.68. The van der Waals surface area contributed by atoms with Gasteiger partial charge in [-0.05, 0) is 18.9 Å². The molecule has 1 aromatic rings. The molecule has 0 bridgehead atoms. The fraction of sp³-hybridized carbons (Fsp3) is 0.700. The van der Waals surface area contributed by atoms with Crippen molar-refractivity contribution in [2.45, 2.75) is 31.5 Å². The van der Waals surface area contributed by atoms with Gasteiger partial charge in [0.05, 0.1) is 11.8 Å². The molecule has 0 unspecified atom stereocenters. The number of rotatable bonds is 4. The van der Waals surface area contributed by atoms with Crippen LogP contribution in [0.2, 0.25) is 0 Å². The van der Waals surface area contributed by atoms with E-state index in [2.05, 4.69) is 10.4 Å². The number of aryl methyl sites for hydroxylation is 1. The summed E-state index contributed by atoms with van der Waals surface area (Å²) in [5, 5.41) is 7.61. The van der Waals surface area contributed by atoms with Gasteiger partial charge in [-0.15, -0.1) is 0 Å². The molecule has 0 atom stereocenters. The summed E-state index contributed by atoms with van der Waals surface area (Å²) >= 11 is 0. The lowest BCUT2D eigenvalue weighted by atomic mass is 9.89. The van der Waals surface area contributed by atoms with Gasteiger partial charge in [-0.3, -0.25) is 4.68 Å². The van der Waals surface area contributed by atoms with E-state index in [4.69, 9.17) is 4.74 Å². The first-order valence-corrected chi connectivity index (χ1v) is 5.02. The summed E-state index contributed by atoms with van der Waals surface area (Å²) in [4.78, 5) is 0. The number of hydrogen-bond donors (Lipinski definition) is 1. The van der Waals surface area contributed by atoms with Crippen LogP contribution in [0.25, 0.3) is 0 Å². The van der Waals surface area contributed by atoms with Crippen LogP contribution in [0.1, 0.15) is 18.5 Å². The maximum atomic E-state index is 5.22. The van der Waals surface area contributed by atoms with Gasteiger partial charge < -0.3 is 10.1 Å². The lowest BCUT2D eigenvalue weighted by Gasteiger charge is -2.34. The van der Waals surface area contributed by atoms with Crippen LogP contribution >= 0.6 is 0 Å². The molecular weight excluding hydrogens is 178 g/mol. The molecule has 0 spiro atoms. The largest absolute Gasteiger partial charge is 0.381 e. The van der Waals surface area contributed by atoms with Gasteiger partial charge in [0.1, 0.15) is 0 Å². The average Bonchev–Trinajstić information content (AvgIpc) is 2.49. The Kier molecular flexibility index (Phi) is 2.84. The maximum Gasteiger partial charge on any atom is 0.0601 e. The minimum Gasteiger partial charge on any atom is -0.381 e. The summed E-state index contributed by atoms with van der Waals surface area (Å²) in [5.74, 6) is 0. The highest BCUT2D eigenvalue weighted by molar-refractivity contribution is 5.00. The summed E-state index contributed by atoms with van der Waals surface area (Å²) in [6, 6.07) is 2.66. The number of ether oxygens (including phenoxy) is 1. The maximum absolute atomic E-state index is 5.22. The highest BCUT2D eigenvalue weighted by Gasteiger charge is 2.28. The fourth-order valence-electron chi connectivity index (χ4n) is 1.75. The normalized spacial score (nSPS) is 26.1. The van der Waals surface area contributed by atoms with Gasteiger partial charge in [-0.2, -0.15) is 5.10 Å². The van der Waals surface area contributed by atoms with Crippen molar-refractivity contribution in [3.8, 4) is 0 Å². The number of methoxy groups -OCH3 is 1. The van der Waals surface area contributed by atoms with E-state index in [9.17, 15) is 0 Å². The number of aromatic nitrogens is 2. The Labute approximate surface area is 84.3 Å². The standard InChI is InChI=1S/C10H17N3O/c1-13-9(3-4-12-13)7-11-8-5-10(6-8)14-2/h3-4,8,10-11H,5-7H2,1-2H3. The van der Waals surface area contributed by atoms with Crippen LogP contribution in [0, 0.1) is 0 Å². The average molecular weight is 195 g/mol. The van der Waals surface area contributed by atoms with Crippen LogP contribution in [0.5, 0.6) is 0 Å². The van der Waals surface area contributed by atoms with E-state index in [1.54, 1.807) is 7.11 Å². The van der Waals surface area contributed by atoms with E-state index in [1.165, 1.54) is 5.69 Å². The summed E-state index contributed by atoms with van der Waals surface area (Å²) in [7, 11) is 3.75. The lowest BCUT2D eigenvalue weighted by molar-refractivity contribution is 0.0168. The van der Waals surface area contributed by atoms with E-state index in [0.29, 0.717) is 12.1 Å². The van der Waals surface area contributed by atoms with E-state index >= 15 is 0 Å². The summed E-state index contributed by atoms with van der Waals surface area (Å²) in [5.41, 5.74) is 1.23. The topological polar surface area (TPSA) is 39.1 Å². The highest BCUT2D eigenvalue weighted by atomic mass is 16.5. The van der Waals surface area contributed by atoms with Gasteiger partial charge in [-0.1, -0.05) is 0 Å².